The number of carboxylic acid groups (broad SMARTS) is 1. The van der Waals surface area contributed by atoms with Gasteiger partial charge in [-0.2, -0.15) is 0 Å². The number of hydrogen-bond acceptors (Lipinski definition) is 7. The van der Waals surface area contributed by atoms with Crippen molar-refractivity contribution in [1.29, 1.82) is 0 Å². The number of methoxy groups -OCH3 is 1. The SMILES string of the molecule is COc1ccc2nc3c(cc2c1)O[C@@H]1C[C@@H](C(=O)O)N(C1)C(=O)[C@H](C(C)(C)C)NC(=O)O[C@@H]1CCC[C@H]1CCC/C=C/3. The molecule has 1 saturated heterocycles. The molecule has 2 aliphatic heterocycles. The van der Waals surface area contributed by atoms with Crippen molar-refractivity contribution < 1.29 is 33.7 Å². The molecule has 226 valence electrons. The van der Waals surface area contributed by atoms with E-state index in [2.05, 4.69) is 11.4 Å². The van der Waals surface area contributed by atoms with Crippen LogP contribution in [0.3, 0.4) is 0 Å². The molecule has 2 aromatic rings. The van der Waals surface area contributed by atoms with Gasteiger partial charge in [0.2, 0.25) is 5.91 Å². The van der Waals surface area contributed by atoms with Crippen LogP contribution in [0.4, 0.5) is 4.79 Å². The van der Waals surface area contributed by atoms with E-state index in [9.17, 15) is 19.5 Å². The summed E-state index contributed by atoms with van der Waals surface area (Å²) in [5.74, 6) is -0.126. The van der Waals surface area contributed by atoms with Crippen molar-refractivity contribution >= 4 is 34.9 Å². The molecule has 3 aliphatic rings. The van der Waals surface area contributed by atoms with Gasteiger partial charge in [-0.05, 0) is 80.2 Å². The minimum atomic E-state index is -1.12. The Morgan fingerprint density at radius 1 is 1.12 bits per heavy atom. The highest BCUT2D eigenvalue weighted by molar-refractivity contribution is 5.90. The number of alkyl carbamates (subject to hydrolysis) is 1. The molecule has 0 radical (unpaired) electrons. The third-order valence-corrected chi connectivity index (χ3v) is 8.58. The monoisotopic (exact) mass is 579 g/mol. The number of carboxylic acids is 1. The zero-order chi connectivity index (χ0) is 30.0. The lowest BCUT2D eigenvalue weighted by molar-refractivity contribution is -0.150. The number of pyridine rings is 1. The molecule has 1 aliphatic carbocycles. The van der Waals surface area contributed by atoms with Crippen molar-refractivity contribution in [2.45, 2.75) is 90.0 Å². The Labute approximate surface area is 246 Å². The van der Waals surface area contributed by atoms with E-state index in [1.807, 2.05) is 51.1 Å². The Balaban J connectivity index is 1.52. The summed E-state index contributed by atoms with van der Waals surface area (Å²) in [7, 11) is 1.60. The minimum absolute atomic E-state index is 0.0586. The highest BCUT2D eigenvalue weighted by atomic mass is 16.6. The Hall–Kier alpha value is -3.82. The average Bonchev–Trinajstić information content (AvgIpc) is 3.57. The molecule has 10 nitrogen and oxygen atoms in total. The lowest BCUT2D eigenvalue weighted by atomic mass is 9.85. The maximum absolute atomic E-state index is 13.9. The molecule has 1 aromatic carbocycles. The van der Waals surface area contributed by atoms with Gasteiger partial charge in [0.15, 0.2) is 0 Å². The number of nitrogens with zero attached hydrogens (tertiary/aromatic N) is 2. The van der Waals surface area contributed by atoms with Crippen LogP contribution >= 0.6 is 0 Å². The van der Waals surface area contributed by atoms with E-state index in [0.717, 1.165) is 49.4 Å². The summed E-state index contributed by atoms with van der Waals surface area (Å²) < 4.78 is 17.7. The first-order valence-corrected chi connectivity index (χ1v) is 14.9. The summed E-state index contributed by atoms with van der Waals surface area (Å²) in [6.45, 7) is 5.58. The normalized spacial score (nSPS) is 28.0. The topological polar surface area (TPSA) is 127 Å². The maximum Gasteiger partial charge on any atom is 0.408 e. The van der Waals surface area contributed by atoms with Gasteiger partial charge in [0.25, 0.3) is 0 Å². The average molecular weight is 580 g/mol. The Kier molecular flexibility index (Phi) is 8.61. The molecular weight excluding hydrogens is 538 g/mol. The molecule has 0 unspecified atom stereocenters. The fraction of sp³-hybridized carbons (Fsp3) is 0.562. The minimum Gasteiger partial charge on any atom is -0.497 e. The lowest BCUT2D eigenvalue weighted by Crippen LogP contribution is -2.57. The zero-order valence-corrected chi connectivity index (χ0v) is 24.8. The highest BCUT2D eigenvalue weighted by Gasteiger charge is 2.46. The van der Waals surface area contributed by atoms with Gasteiger partial charge in [0.05, 0.1) is 19.2 Å². The lowest BCUT2D eigenvalue weighted by Gasteiger charge is -2.35. The van der Waals surface area contributed by atoms with Gasteiger partial charge < -0.3 is 29.5 Å². The van der Waals surface area contributed by atoms with Crippen molar-refractivity contribution in [1.82, 2.24) is 15.2 Å². The molecule has 2 N–H and O–H groups in total. The number of allylic oxidation sites excluding steroid dienone is 1. The van der Waals surface area contributed by atoms with Crippen molar-refractivity contribution in [3.05, 3.63) is 36.0 Å². The van der Waals surface area contributed by atoms with Crippen LogP contribution in [0.15, 0.2) is 30.3 Å². The van der Waals surface area contributed by atoms with Crippen LogP contribution in [-0.2, 0) is 14.3 Å². The Morgan fingerprint density at radius 2 is 1.90 bits per heavy atom. The fourth-order valence-electron chi connectivity index (χ4n) is 6.32. The molecule has 0 spiro atoms. The van der Waals surface area contributed by atoms with Crippen LogP contribution in [0.2, 0.25) is 0 Å². The van der Waals surface area contributed by atoms with Gasteiger partial charge in [-0.1, -0.05) is 26.8 Å². The van der Waals surface area contributed by atoms with Crippen molar-refractivity contribution in [2.24, 2.45) is 11.3 Å². The Morgan fingerprint density at radius 3 is 2.64 bits per heavy atom. The van der Waals surface area contributed by atoms with E-state index < -0.39 is 41.6 Å². The first-order chi connectivity index (χ1) is 20.0. The van der Waals surface area contributed by atoms with E-state index in [4.69, 9.17) is 19.2 Å². The molecule has 2 fully saturated rings. The maximum atomic E-state index is 13.9. The number of aliphatic carboxylic acids is 1. The summed E-state index contributed by atoms with van der Waals surface area (Å²) in [5, 5.41) is 13.7. The summed E-state index contributed by atoms with van der Waals surface area (Å²) in [6, 6.07) is 5.45. The summed E-state index contributed by atoms with van der Waals surface area (Å²) in [4.78, 5) is 45.5. The molecule has 10 heteroatoms. The van der Waals surface area contributed by atoms with Crippen molar-refractivity contribution in [3.63, 3.8) is 0 Å². The summed E-state index contributed by atoms with van der Waals surface area (Å²) in [5.41, 5.74) is 0.742. The van der Waals surface area contributed by atoms with E-state index in [-0.39, 0.29) is 25.0 Å². The van der Waals surface area contributed by atoms with Gasteiger partial charge in [-0.3, -0.25) is 4.79 Å². The third kappa shape index (κ3) is 6.47. The van der Waals surface area contributed by atoms with Crippen molar-refractivity contribution in [2.75, 3.05) is 13.7 Å². The van der Waals surface area contributed by atoms with Crippen LogP contribution < -0.4 is 14.8 Å². The van der Waals surface area contributed by atoms with E-state index in [1.54, 1.807) is 7.11 Å². The number of carbonyl (C=O) groups excluding carboxylic acids is 2. The van der Waals surface area contributed by atoms with Crippen molar-refractivity contribution in [3.8, 4) is 11.5 Å². The number of aromatic nitrogens is 1. The molecular formula is C32H41N3O7. The molecule has 1 aromatic heterocycles. The fourth-order valence-corrected chi connectivity index (χ4v) is 6.32. The van der Waals surface area contributed by atoms with Gasteiger partial charge >= 0.3 is 12.1 Å². The second-order valence-corrected chi connectivity index (χ2v) is 12.7. The highest BCUT2D eigenvalue weighted by Crippen LogP contribution is 2.34. The first-order valence-electron chi connectivity index (χ1n) is 14.9. The number of rotatable bonds is 2. The standard InChI is InChI=1S/C32H41N3O7/c1-32(2,3)28-29(36)35-18-22(17-25(35)30(37)38)41-27-16-20-15-21(40-4)13-14-23(20)33-24(27)11-7-5-6-9-19-10-8-12-26(19)42-31(39)34-28/h7,11,13-16,19,22,25-26,28H,5-6,8-10,12,17-18H2,1-4H3,(H,34,39)(H,37,38)/b11-7+/t19-,22-,25+,26-,28-/m1/s1. The molecule has 42 heavy (non-hydrogen) atoms. The number of amides is 2. The van der Waals surface area contributed by atoms with Crippen LogP contribution in [-0.4, -0.2) is 70.9 Å². The van der Waals surface area contributed by atoms with Gasteiger partial charge in [0, 0.05) is 11.8 Å². The molecule has 2 amide bonds. The van der Waals surface area contributed by atoms with E-state index >= 15 is 0 Å². The summed E-state index contributed by atoms with van der Waals surface area (Å²) >= 11 is 0. The second kappa shape index (κ2) is 12.2. The number of benzene rings is 1. The van der Waals surface area contributed by atoms with Crippen LogP contribution in [0.1, 0.15) is 71.4 Å². The summed E-state index contributed by atoms with van der Waals surface area (Å²) in [6.07, 6.45) is 8.16. The largest absolute Gasteiger partial charge is 0.497 e. The predicted molar refractivity (Wildman–Crippen MR) is 157 cm³/mol. The van der Waals surface area contributed by atoms with Gasteiger partial charge in [-0.15, -0.1) is 0 Å². The number of nitrogens with one attached hydrogen (secondary N) is 1. The van der Waals surface area contributed by atoms with Gasteiger partial charge in [0.1, 0.15) is 41.5 Å². The molecule has 1 saturated carbocycles. The van der Waals surface area contributed by atoms with Crippen LogP contribution in [0, 0.1) is 11.3 Å². The molecule has 5 rings (SSSR count). The molecule has 3 heterocycles. The van der Waals surface area contributed by atoms with Crippen LogP contribution in [0.5, 0.6) is 11.5 Å². The second-order valence-electron chi connectivity index (χ2n) is 12.7. The number of ether oxygens (including phenoxy) is 3. The van der Waals surface area contributed by atoms with E-state index in [0.29, 0.717) is 17.2 Å². The zero-order valence-electron chi connectivity index (χ0n) is 24.8. The van der Waals surface area contributed by atoms with Gasteiger partial charge in [-0.25, -0.2) is 14.6 Å². The number of hydrogen-bond donors (Lipinski definition) is 2. The predicted octanol–water partition coefficient (Wildman–Crippen LogP) is 5.18. The Bertz CT molecular complexity index is 1370. The quantitative estimate of drug-likeness (QED) is 0.498. The molecule has 2 bridgehead atoms. The number of fused-ring (bicyclic) bond motifs is 5. The first kappa shape index (κ1) is 29.7. The molecule has 5 atom stereocenters. The number of carbonyl (C=O) groups is 3. The van der Waals surface area contributed by atoms with Crippen LogP contribution in [0.25, 0.3) is 17.0 Å². The van der Waals surface area contributed by atoms with E-state index in [1.165, 1.54) is 4.90 Å². The smallest absolute Gasteiger partial charge is 0.408 e. The third-order valence-electron chi connectivity index (χ3n) is 8.58.